The van der Waals surface area contributed by atoms with Crippen LogP contribution in [-0.4, -0.2) is 27.6 Å². The van der Waals surface area contributed by atoms with Crippen LogP contribution in [-0.2, 0) is 15.7 Å². The molecule has 10 heteroatoms. The standard InChI is InChI=1S/C35H41N2O7P/c1-24(2)11-8-12-25(3)13-9-14-26(4)19-20-37-30-21-28(44-45(41,42)43-23-27-15-6-5-7-16-27)22-32(39)34(30)36-33-29(35(37)40)17-10-18-31(33)38/h5-7,10-11,13,15-19,21-22,36,38-39H,8-9,12,14,20,23H2,1-4H3,(H,41,42)/b25-13+,26-19+. The lowest BCUT2D eigenvalue weighted by Gasteiger charge is -2.23. The lowest BCUT2D eigenvalue weighted by atomic mass is 10.1. The first-order chi connectivity index (χ1) is 21.4. The number of phenols is 2. The molecule has 238 valence electrons. The summed E-state index contributed by atoms with van der Waals surface area (Å²) in [5, 5.41) is 24.6. The number of carbonyl (C=O) groups is 1. The summed E-state index contributed by atoms with van der Waals surface area (Å²) in [7, 11) is -4.61. The van der Waals surface area contributed by atoms with Crippen LogP contribution >= 0.6 is 7.82 Å². The van der Waals surface area contributed by atoms with Gasteiger partial charge in [-0.2, -0.15) is 0 Å². The Morgan fingerprint density at radius 3 is 2.27 bits per heavy atom. The Kier molecular flexibility index (Phi) is 11.3. The molecule has 0 aromatic heterocycles. The van der Waals surface area contributed by atoms with E-state index in [1.54, 1.807) is 36.4 Å². The number of carbonyl (C=O) groups excluding carboxylic acids is 1. The fourth-order valence-corrected chi connectivity index (χ4v) is 5.60. The molecule has 0 saturated carbocycles. The molecule has 9 nitrogen and oxygen atoms in total. The summed E-state index contributed by atoms with van der Waals surface area (Å²) < 4.78 is 23.3. The zero-order valence-corrected chi connectivity index (χ0v) is 27.0. The third-order valence-electron chi connectivity index (χ3n) is 7.33. The fraction of sp³-hybridized carbons (Fsp3) is 0.286. The van der Waals surface area contributed by atoms with Gasteiger partial charge in [-0.25, -0.2) is 4.57 Å². The number of phenolic OH excluding ortho intramolecular Hbond substituents is 2. The maximum Gasteiger partial charge on any atom is 0.527 e. The SMILES string of the molecule is CC(C)=CCC/C(C)=C/CC/C(C)=C/CN1C(=O)c2cccc(O)c2Nc2c(O)cc(OP(=O)(O)OCc3ccccc3)cc21. The molecule has 1 aliphatic rings. The van der Waals surface area contributed by atoms with Gasteiger partial charge in [-0.15, -0.1) is 0 Å². The molecule has 3 aromatic rings. The molecule has 3 aromatic carbocycles. The van der Waals surface area contributed by atoms with Gasteiger partial charge in [-0.05, 0) is 71.1 Å². The number of para-hydroxylation sites is 1. The van der Waals surface area contributed by atoms with Gasteiger partial charge in [0.1, 0.15) is 22.9 Å². The summed E-state index contributed by atoms with van der Waals surface area (Å²) in [4.78, 5) is 25.7. The Bertz CT molecular complexity index is 1660. The second-order valence-electron chi connectivity index (χ2n) is 11.4. The third-order valence-corrected chi connectivity index (χ3v) is 8.23. The molecule has 0 spiro atoms. The van der Waals surface area contributed by atoms with Gasteiger partial charge < -0.3 is 25.0 Å². The van der Waals surface area contributed by atoms with Crippen molar-refractivity contribution in [3.8, 4) is 17.2 Å². The van der Waals surface area contributed by atoms with E-state index in [0.717, 1.165) is 37.3 Å². The van der Waals surface area contributed by atoms with E-state index in [1.807, 2.05) is 19.1 Å². The number of hydrogen-bond acceptors (Lipinski definition) is 7. The first-order valence-electron chi connectivity index (χ1n) is 14.9. The molecule has 1 amide bonds. The lowest BCUT2D eigenvalue weighted by Crippen LogP contribution is -2.30. The summed E-state index contributed by atoms with van der Waals surface area (Å²) >= 11 is 0. The van der Waals surface area contributed by atoms with Crippen molar-refractivity contribution in [1.29, 1.82) is 0 Å². The molecule has 4 rings (SSSR count). The number of fused-ring (bicyclic) bond motifs is 2. The number of nitrogens with one attached hydrogen (secondary N) is 1. The average Bonchev–Trinajstić information content (AvgIpc) is 3.10. The van der Waals surface area contributed by atoms with Crippen molar-refractivity contribution in [2.45, 2.75) is 60.0 Å². The van der Waals surface area contributed by atoms with Crippen molar-refractivity contribution in [3.63, 3.8) is 0 Å². The number of allylic oxidation sites excluding steroid dienone is 5. The van der Waals surface area contributed by atoms with Crippen molar-refractivity contribution < 1.29 is 33.5 Å². The molecular weight excluding hydrogens is 591 g/mol. The molecule has 0 bridgehead atoms. The second-order valence-corrected chi connectivity index (χ2v) is 12.7. The van der Waals surface area contributed by atoms with Crippen LogP contribution in [0.4, 0.5) is 17.1 Å². The largest absolute Gasteiger partial charge is 0.527 e. The van der Waals surface area contributed by atoms with E-state index in [9.17, 15) is 24.5 Å². The van der Waals surface area contributed by atoms with Gasteiger partial charge in [0.25, 0.3) is 5.91 Å². The van der Waals surface area contributed by atoms with E-state index in [-0.39, 0.29) is 53.0 Å². The summed E-state index contributed by atoms with van der Waals surface area (Å²) in [6, 6.07) is 16.0. The average molecular weight is 633 g/mol. The monoisotopic (exact) mass is 632 g/mol. The van der Waals surface area contributed by atoms with E-state index in [0.29, 0.717) is 5.56 Å². The predicted molar refractivity (Wildman–Crippen MR) is 178 cm³/mol. The molecule has 45 heavy (non-hydrogen) atoms. The second kappa shape index (κ2) is 15.1. The molecule has 0 radical (unpaired) electrons. The van der Waals surface area contributed by atoms with Crippen LogP contribution in [0.3, 0.4) is 0 Å². The highest BCUT2D eigenvalue weighted by molar-refractivity contribution is 7.47. The number of amides is 1. The van der Waals surface area contributed by atoms with Crippen molar-refractivity contribution in [2.75, 3.05) is 16.8 Å². The summed E-state index contributed by atoms with van der Waals surface area (Å²) in [6.07, 6.45) is 10.1. The van der Waals surface area contributed by atoms with Gasteiger partial charge in [0.2, 0.25) is 0 Å². The highest BCUT2D eigenvalue weighted by Crippen LogP contribution is 2.50. The Morgan fingerprint density at radius 2 is 1.56 bits per heavy atom. The lowest BCUT2D eigenvalue weighted by molar-refractivity contribution is 0.0991. The Morgan fingerprint density at radius 1 is 0.867 bits per heavy atom. The quantitative estimate of drug-likeness (QED) is 0.0835. The van der Waals surface area contributed by atoms with Crippen LogP contribution < -0.4 is 14.7 Å². The molecule has 1 atom stereocenters. The summed E-state index contributed by atoms with van der Waals surface area (Å²) in [5.41, 5.74) is 5.07. The van der Waals surface area contributed by atoms with Gasteiger partial charge in [-0.3, -0.25) is 14.2 Å². The van der Waals surface area contributed by atoms with Crippen LogP contribution in [0.2, 0.25) is 0 Å². The number of phosphoric acid groups is 1. The zero-order chi connectivity index (χ0) is 32.6. The number of hydrogen-bond donors (Lipinski definition) is 4. The van der Waals surface area contributed by atoms with Gasteiger partial charge in [0.15, 0.2) is 0 Å². The molecule has 0 saturated heterocycles. The Hall–Kier alpha value is -4.30. The zero-order valence-electron chi connectivity index (χ0n) is 26.1. The van der Waals surface area contributed by atoms with Crippen LogP contribution in [0.1, 0.15) is 69.3 Å². The number of nitrogens with zero attached hydrogens (tertiary/aromatic N) is 1. The molecule has 1 heterocycles. The van der Waals surface area contributed by atoms with Gasteiger partial charge in [0.05, 0.1) is 23.5 Å². The minimum atomic E-state index is -4.61. The van der Waals surface area contributed by atoms with Gasteiger partial charge in [-0.1, -0.05) is 71.3 Å². The smallest absolute Gasteiger partial charge is 0.506 e. The van der Waals surface area contributed by atoms with Crippen LogP contribution in [0.5, 0.6) is 17.2 Å². The van der Waals surface area contributed by atoms with E-state index in [1.165, 1.54) is 28.2 Å². The van der Waals surface area contributed by atoms with Crippen LogP contribution in [0.15, 0.2) is 95.6 Å². The molecular formula is C35H41N2O7P. The minimum Gasteiger partial charge on any atom is -0.506 e. The van der Waals surface area contributed by atoms with E-state index < -0.39 is 13.7 Å². The van der Waals surface area contributed by atoms with E-state index in [2.05, 4.69) is 38.2 Å². The summed E-state index contributed by atoms with van der Waals surface area (Å²) in [5.74, 6) is -1.13. The minimum absolute atomic E-state index is 0.134. The number of anilines is 3. The number of aromatic hydroxyl groups is 2. The summed E-state index contributed by atoms with van der Waals surface area (Å²) in [6.45, 7) is 8.30. The van der Waals surface area contributed by atoms with Crippen molar-refractivity contribution in [3.05, 3.63) is 107 Å². The van der Waals surface area contributed by atoms with Crippen molar-refractivity contribution in [1.82, 2.24) is 0 Å². The molecule has 1 aliphatic heterocycles. The molecule has 0 fully saturated rings. The first kappa shape index (κ1) is 33.6. The maximum absolute atomic E-state index is 13.9. The highest BCUT2D eigenvalue weighted by Gasteiger charge is 2.31. The highest BCUT2D eigenvalue weighted by atomic mass is 31.2. The van der Waals surface area contributed by atoms with Crippen LogP contribution in [0.25, 0.3) is 0 Å². The Balaban J connectivity index is 1.58. The predicted octanol–water partition coefficient (Wildman–Crippen LogP) is 8.92. The molecule has 4 N–H and O–H groups in total. The van der Waals surface area contributed by atoms with Crippen LogP contribution in [0, 0.1) is 0 Å². The molecule has 1 unspecified atom stereocenters. The first-order valence-corrected chi connectivity index (χ1v) is 16.4. The van der Waals surface area contributed by atoms with Crippen molar-refractivity contribution in [2.24, 2.45) is 0 Å². The number of rotatable bonds is 13. The van der Waals surface area contributed by atoms with Gasteiger partial charge >= 0.3 is 7.82 Å². The Labute approximate surface area is 264 Å². The maximum atomic E-state index is 13.9. The van der Waals surface area contributed by atoms with E-state index in [4.69, 9.17) is 9.05 Å². The number of benzene rings is 3. The molecule has 0 aliphatic carbocycles. The van der Waals surface area contributed by atoms with Gasteiger partial charge in [0, 0.05) is 18.7 Å². The topological polar surface area (TPSA) is 129 Å². The van der Waals surface area contributed by atoms with E-state index >= 15 is 0 Å². The normalized spacial score (nSPS) is 14.5. The van der Waals surface area contributed by atoms with Crippen molar-refractivity contribution >= 4 is 30.8 Å². The number of phosphoric ester groups is 1. The third kappa shape index (κ3) is 9.35. The fourth-order valence-electron chi connectivity index (χ4n) is 4.87.